The van der Waals surface area contributed by atoms with Gasteiger partial charge in [-0.1, -0.05) is 112 Å². The monoisotopic (exact) mass is 515 g/mol. The van der Waals surface area contributed by atoms with Gasteiger partial charge in [0.2, 0.25) is 5.91 Å². The largest absolute Gasteiger partial charge is 0.447 e. The molecule has 3 aromatic carbocycles. The van der Waals surface area contributed by atoms with Crippen LogP contribution in [0.3, 0.4) is 0 Å². The maximum Gasteiger partial charge on any atom is 0.416 e. The highest BCUT2D eigenvalue weighted by Gasteiger charge is 2.50. The molecule has 1 aliphatic heterocycles. The minimum atomic E-state index is -2.59. The van der Waals surface area contributed by atoms with Gasteiger partial charge in [-0.15, -0.1) is 0 Å². The molecule has 0 saturated carbocycles. The lowest BCUT2D eigenvalue weighted by Gasteiger charge is -2.43. The van der Waals surface area contributed by atoms with Gasteiger partial charge in [-0.25, -0.2) is 9.69 Å². The van der Waals surface area contributed by atoms with Crippen LogP contribution in [0.4, 0.5) is 4.79 Å². The van der Waals surface area contributed by atoms with Crippen molar-refractivity contribution in [3.05, 3.63) is 96.6 Å². The number of benzene rings is 3. The molecule has 194 valence electrons. The maximum absolute atomic E-state index is 13.0. The Morgan fingerprint density at radius 3 is 1.97 bits per heavy atom. The summed E-state index contributed by atoms with van der Waals surface area (Å²) in [5.74, 6) is -0.172. The van der Waals surface area contributed by atoms with Crippen LogP contribution in [0.1, 0.15) is 45.6 Å². The molecular weight excluding hydrogens is 478 g/mol. The molecule has 5 nitrogen and oxygen atoms in total. The number of unbranched alkanes of at least 4 members (excludes halogenated alkanes) is 1. The summed E-state index contributed by atoms with van der Waals surface area (Å²) in [4.78, 5) is 26.7. The topological polar surface area (TPSA) is 55.8 Å². The Balaban J connectivity index is 1.40. The number of hydrogen-bond acceptors (Lipinski definition) is 4. The molecule has 1 fully saturated rings. The van der Waals surface area contributed by atoms with Crippen LogP contribution in [0.5, 0.6) is 0 Å². The lowest BCUT2D eigenvalue weighted by atomic mass is 10.1. The molecular formula is C31H37NO4Si. The van der Waals surface area contributed by atoms with Crippen LogP contribution in [0.25, 0.3) is 0 Å². The van der Waals surface area contributed by atoms with Gasteiger partial charge in [-0.05, 0) is 40.2 Å². The lowest BCUT2D eigenvalue weighted by molar-refractivity contribution is -0.129. The quantitative estimate of drug-likeness (QED) is 0.271. The summed E-state index contributed by atoms with van der Waals surface area (Å²) < 4.78 is 12.1. The van der Waals surface area contributed by atoms with Gasteiger partial charge < -0.3 is 9.16 Å². The van der Waals surface area contributed by atoms with Crippen LogP contribution in [-0.2, 0) is 20.4 Å². The molecule has 37 heavy (non-hydrogen) atoms. The van der Waals surface area contributed by atoms with Gasteiger partial charge in [0.25, 0.3) is 8.32 Å². The van der Waals surface area contributed by atoms with E-state index in [1.165, 1.54) is 15.3 Å². The van der Waals surface area contributed by atoms with Crippen LogP contribution < -0.4 is 10.4 Å². The fourth-order valence-corrected chi connectivity index (χ4v) is 9.89. The van der Waals surface area contributed by atoms with Crippen molar-refractivity contribution < 1.29 is 18.8 Å². The molecule has 0 spiro atoms. The second-order valence-corrected chi connectivity index (χ2v) is 15.0. The molecule has 6 heteroatoms. The van der Waals surface area contributed by atoms with Crippen LogP contribution in [0.2, 0.25) is 5.04 Å². The van der Waals surface area contributed by atoms with Gasteiger partial charge in [-0.2, -0.15) is 0 Å². The number of imide groups is 1. The molecule has 0 bridgehead atoms. The summed E-state index contributed by atoms with van der Waals surface area (Å²) >= 11 is 0. The standard InChI is InChI=1S/C31H37NO4Si/c1-31(2,3)37(27-17-9-5-10-18-27,28-19-11-6-12-20-28)36-22-14-13-21-29(33)32-26(24-35-30(32)34)23-25-15-7-4-8-16-25/h4-12,15-20,26H,13-14,21-24H2,1-3H3. The van der Waals surface area contributed by atoms with E-state index in [0.29, 0.717) is 25.9 Å². The molecule has 1 atom stereocenters. The Morgan fingerprint density at radius 2 is 1.43 bits per heavy atom. The number of nitrogens with zero attached hydrogens (tertiary/aromatic N) is 1. The number of carbonyl (C=O) groups is 2. The normalized spacial score (nSPS) is 16.0. The molecule has 0 radical (unpaired) electrons. The molecule has 1 heterocycles. The molecule has 0 aromatic heterocycles. The minimum absolute atomic E-state index is 0.0878. The third-order valence-electron chi connectivity index (χ3n) is 7.06. The number of hydrogen-bond donors (Lipinski definition) is 0. The smallest absolute Gasteiger partial charge is 0.416 e. The van der Waals surface area contributed by atoms with Crippen LogP contribution in [-0.4, -0.2) is 44.5 Å². The average molecular weight is 516 g/mol. The van der Waals surface area contributed by atoms with Crippen molar-refractivity contribution in [2.45, 2.75) is 57.5 Å². The number of amides is 2. The Morgan fingerprint density at radius 1 is 0.892 bits per heavy atom. The SMILES string of the molecule is CC(C)(C)[Si](OCCCCC(=O)N1C(=O)OCC1Cc1ccccc1)(c1ccccc1)c1ccccc1. The first-order chi connectivity index (χ1) is 17.8. The molecule has 1 aliphatic rings. The van der Waals surface area contributed by atoms with Gasteiger partial charge in [0.1, 0.15) is 6.61 Å². The van der Waals surface area contributed by atoms with E-state index in [1.807, 2.05) is 42.5 Å². The van der Waals surface area contributed by atoms with Crippen LogP contribution >= 0.6 is 0 Å². The summed E-state index contributed by atoms with van der Waals surface area (Å²) in [5, 5.41) is 2.40. The second kappa shape index (κ2) is 11.9. The summed E-state index contributed by atoms with van der Waals surface area (Å²) in [5.41, 5.74) is 1.09. The lowest BCUT2D eigenvalue weighted by Crippen LogP contribution is -2.66. The van der Waals surface area contributed by atoms with Crippen molar-refractivity contribution in [2.75, 3.05) is 13.2 Å². The predicted molar refractivity (Wildman–Crippen MR) is 150 cm³/mol. The van der Waals surface area contributed by atoms with Crippen molar-refractivity contribution >= 4 is 30.7 Å². The van der Waals surface area contributed by atoms with Crippen molar-refractivity contribution in [1.82, 2.24) is 4.90 Å². The third-order valence-corrected chi connectivity index (χ3v) is 12.1. The molecule has 0 N–H and O–H groups in total. The highest BCUT2D eigenvalue weighted by Crippen LogP contribution is 2.36. The zero-order valence-corrected chi connectivity index (χ0v) is 23.1. The van der Waals surface area contributed by atoms with Gasteiger partial charge in [0, 0.05) is 13.0 Å². The van der Waals surface area contributed by atoms with E-state index in [1.54, 1.807) is 0 Å². The van der Waals surface area contributed by atoms with E-state index in [4.69, 9.17) is 9.16 Å². The molecule has 2 amide bonds. The first-order valence-corrected chi connectivity index (χ1v) is 15.0. The highest BCUT2D eigenvalue weighted by molar-refractivity contribution is 6.99. The number of cyclic esters (lactones) is 1. The Bertz CT molecular complexity index is 1120. The minimum Gasteiger partial charge on any atom is -0.447 e. The molecule has 3 aromatic rings. The first-order valence-electron chi connectivity index (χ1n) is 13.1. The molecule has 4 rings (SSSR count). The second-order valence-electron chi connectivity index (χ2n) is 10.7. The van der Waals surface area contributed by atoms with Crippen molar-refractivity contribution in [2.24, 2.45) is 0 Å². The van der Waals surface area contributed by atoms with E-state index < -0.39 is 14.4 Å². The van der Waals surface area contributed by atoms with E-state index in [9.17, 15) is 9.59 Å². The first kappa shape index (κ1) is 26.8. The van der Waals surface area contributed by atoms with Crippen molar-refractivity contribution in [1.29, 1.82) is 0 Å². The van der Waals surface area contributed by atoms with E-state index in [0.717, 1.165) is 12.0 Å². The van der Waals surface area contributed by atoms with Crippen molar-refractivity contribution in [3.63, 3.8) is 0 Å². The van der Waals surface area contributed by atoms with Gasteiger partial charge in [0.15, 0.2) is 0 Å². The molecule has 0 aliphatic carbocycles. The highest BCUT2D eigenvalue weighted by atomic mass is 28.4. The van der Waals surface area contributed by atoms with Gasteiger partial charge in [0.05, 0.1) is 6.04 Å². The molecule has 1 saturated heterocycles. The van der Waals surface area contributed by atoms with E-state index >= 15 is 0 Å². The zero-order valence-electron chi connectivity index (χ0n) is 22.1. The number of carbonyl (C=O) groups excluding carboxylic acids is 2. The van der Waals surface area contributed by atoms with Crippen LogP contribution in [0, 0.1) is 0 Å². The third kappa shape index (κ3) is 6.03. The molecule has 1 unspecified atom stereocenters. The fraction of sp³-hybridized carbons (Fsp3) is 0.355. The Hall–Kier alpha value is -3.22. The summed E-state index contributed by atoms with van der Waals surface area (Å²) in [6.07, 6.45) is 1.76. The summed E-state index contributed by atoms with van der Waals surface area (Å²) in [6.45, 7) is 7.58. The number of ether oxygens (including phenoxy) is 1. The maximum atomic E-state index is 13.0. The van der Waals surface area contributed by atoms with E-state index in [-0.39, 0.29) is 23.6 Å². The Kier molecular flexibility index (Phi) is 8.62. The Labute approximate surface area is 221 Å². The zero-order chi connectivity index (χ0) is 26.3. The van der Waals surface area contributed by atoms with Crippen molar-refractivity contribution in [3.8, 4) is 0 Å². The number of rotatable bonds is 10. The van der Waals surface area contributed by atoms with E-state index in [2.05, 4.69) is 69.3 Å². The van der Waals surface area contributed by atoms with Gasteiger partial charge >= 0.3 is 6.09 Å². The summed E-state index contributed by atoms with van der Waals surface area (Å²) in [7, 11) is -2.59. The average Bonchev–Trinajstić information content (AvgIpc) is 3.26. The predicted octanol–water partition coefficient (Wildman–Crippen LogP) is 5.32. The summed E-state index contributed by atoms with van der Waals surface area (Å²) in [6, 6.07) is 30.8. The van der Waals surface area contributed by atoms with Gasteiger partial charge in [-0.3, -0.25) is 4.79 Å². The fourth-order valence-electron chi connectivity index (χ4n) is 5.29. The van der Waals surface area contributed by atoms with Crippen LogP contribution in [0.15, 0.2) is 91.0 Å².